The molecule has 0 aliphatic carbocycles. The lowest BCUT2D eigenvalue weighted by Crippen LogP contribution is -2.06. The minimum absolute atomic E-state index is 0.363. The van der Waals surface area contributed by atoms with E-state index >= 15 is 0 Å². The number of nitrogens with zero attached hydrogens (tertiary/aromatic N) is 1. The summed E-state index contributed by atoms with van der Waals surface area (Å²) in [5.74, 6) is 0. The predicted molar refractivity (Wildman–Crippen MR) is 66.8 cm³/mol. The molecule has 0 radical (unpaired) electrons. The van der Waals surface area contributed by atoms with E-state index in [2.05, 4.69) is 4.98 Å². The molecule has 1 saturated heterocycles. The number of hydrogen-bond donors (Lipinski definition) is 1. The van der Waals surface area contributed by atoms with E-state index in [0.29, 0.717) is 6.10 Å². The summed E-state index contributed by atoms with van der Waals surface area (Å²) < 4.78 is 5.57. The molecule has 1 aliphatic rings. The number of aryl methyl sites for hydroxylation is 1. The predicted octanol–water partition coefficient (Wildman–Crippen LogP) is 2.77. The first-order chi connectivity index (χ1) is 8.25. The Bertz CT molecular complexity index is 348. The van der Waals surface area contributed by atoms with Gasteiger partial charge in [0.15, 0.2) is 0 Å². The first kappa shape index (κ1) is 12.5. The molecule has 0 spiro atoms. The lowest BCUT2D eigenvalue weighted by atomic mass is 10.0. The Hall–Kier alpha value is -0.930. The van der Waals surface area contributed by atoms with Crippen molar-refractivity contribution in [2.24, 2.45) is 0 Å². The van der Waals surface area contributed by atoms with Crippen LogP contribution in [0.2, 0.25) is 0 Å². The highest BCUT2D eigenvalue weighted by atomic mass is 16.5. The van der Waals surface area contributed by atoms with E-state index in [1.54, 1.807) is 6.20 Å². The maximum Gasteiger partial charge on any atom is 0.0791 e. The summed E-state index contributed by atoms with van der Waals surface area (Å²) in [5, 5.41) is 10.1. The Morgan fingerprint density at radius 2 is 2.47 bits per heavy atom. The number of aromatic nitrogens is 1. The van der Waals surface area contributed by atoms with Crippen LogP contribution < -0.4 is 0 Å². The van der Waals surface area contributed by atoms with Crippen LogP contribution in [-0.4, -0.2) is 22.8 Å². The van der Waals surface area contributed by atoms with E-state index in [0.717, 1.165) is 37.1 Å². The zero-order valence-corrected chi connectivity index (χ0v) is 10.4. The topological polar surface area (TPSA) is 42.4 Å². The number of ether oxygens (including phenoxy) is 1. The Morgan fingerprint density at radius 3 is 3.18 bits per heavy atom. The van der Waals surface area contributed by atoms with Crippen LogP contribution >= 0.6 is 0 Å². The van der Waals surface area contributed by atoms with Crippen molar-refractivity contribution in [3.05, 3.63) is 29.6 Å². The fourth-order valence-corrected chi connectivity index (χ4v) is 2.35. The van der Waals surface area contributed by atoms with Gasteiger partial charge in [-0.2, -0.15) is 0 Å². The molecule has 2 unspecified atom stereocenters. The second kappa shape index (κ2) is 6.12. The average Bonchev–Trinajstić information content (AvgIpc) is 2.82. The van der Waals surface area contributed by atoms with Crippen LogP contribution in [0.25, 0.3) is 0 Å². The molecular formula is C14H21NO2. The van der Waals surface area contributed by atoms with Gasteiger partial charge in [0.2, 0.25) is 0 Å². The summed E-state index contributed by atoms with van der Waals surface area (Å²) in [6.07, 6.45) is 7.10. The number of rotatable bonds is 5. The summed E-state index contributed by atoms with van der Waals surface area (Å²) in [5.41, 5.74) is 1.94. The molecule has 0 saturated carbocycles. The number of aliphatic hydroxyl groups excluding tert-OH is 1. The molecule has 0 aromatic carbocycles. The summed E-state index contributed by atoms with van der Waals surface area (Å²) in [4.78, 5) is 4.13. The van der Waals surface area contributed by atoms with Gasteiger partial charge in [-0.15, -0.1) is 0 Å². The van der Waals surface area contributed by atoms with Crippen molar-refractivity contribution in [1.82, 2.24) is 4.98 Å². The van der Waals surface area contributed by atoms with Gasteiger partial charge in [-0.25, -0.2) is 0 Å². The van der Waals surface area contributed by atoms with Crippen LogP contribution in [-0.2, 0) is 4.74 Å². The van der Waals surface area contributed by atoms with Gasteiger partial charge >= 0.3 is 0 Å². The Balaban J connectivity index is 1.74. The number of aliphatic hydroxyl groups is 1. The van der Waals surface area contributed by atoms with Gasteiger partial charge in [0.25, 0.3) is 0 Å². The van der Waals surface area contributed by atoms with E-state index in [-0.39, 0.29) is 6.10 Å². The van der Waals surface area contributed by atoms with Crippen LogP contribution in [0.1, 0.15) is 49.5 Å². The Labute approximate surface area is 103 Å². The number of hydrogen-bond acceptors (Lipinski definition) is 3. The highest BCUT2D eigenvalue weighted by Crippen LogP contribution is 2.23. The fourth-order valence-electron chi connectivity index (χ4n) is 2.35. The molecule has 1 fully saturated rings. The lowest BCUT2D eigenvalue weighted by Gasteiger charge is -2.13. The molecular weight excluding hydrogens is 214 g/mol. The summed E-state index contributed by atoms with van der Waals surface area (Å²) >= 11 is 0. The molecule has 2 atom stereocenters. The van der Waals surface area contributed by atoms with Crippen molar-refractivity contribution in [1.29, 1.82) is 0 Å². The molecule has 1 N–H and O–H groups in total. The standard InChI is InChI=1S/C14H21NO2/c1-11-10-12(7-8-15-11)14(16)6-2-4-13-5-3-9-17-13/h7-8,10,13-14,16H,2-6,9H2,1H3. The smallest absolute Gasteiger partial charge is 0.0791 e. The second-order valence-electron chi connectivity index (χ2n) is 4.81. The van der Waals surface area contributed by atoms with Crippen LogP contribution in [0.15, 0.2) is 18.3 Å². The summed E-state index contributed by atoms with van der Waals surface area (Å²) in [7, 11) is 0. The molecule has 0 amide bonds. The van der Waals surface area contributed by atoms with E-state index in [4.69, 9.17) is 4.74 Å². The maximum absolute atomic E-state index is 10.1. The number of pyridine rings is 1. The van der Waals surface area contributed by atoms with Gasteiger partial charge in [0.05, 0.1) is 12.2 Å². The largest absolute Gasteiger partial charge is 0.388 e. The van der Waals surface area contributed by atoms with Crippen LogP contribution in [0.4, 0.5) is 0 Å². The maximum atomic E-state index is 10.1. The van der Waals surface area contributed by atoms with Crippen LogP contribution in [0, 0.1) is 6.92 Å². The third-order valence-electron chi connectivity index (χ3n) is 3.33. The molecule has 2 heterocycles. The molecule has 3 heteroatoms. The Kier molecular flexibility index (Phi) is 4.51. The normalized spacial score (nSPS) is 21.6. The Morgan fingerprint density at radius 1 is 1.59 bits per heavy atom. The van der Waals surface area contributed by atoms with Crippen LogP contribution in [0.5, 0.6) is 0 Å². The highest BCUT2D eigenvalue weighted by Gasteiger charge is 2.16. The van der Waals surface area contributed by atoms with Crippen molar-refractivity contribution in [2.75, 3.05) is 6.61 Å². The van der Waals surface area contributed by atoms with E-state index < -0.39 is 0 Å². The van der Waals surface area contributed by atoms with E-state index in [1.165, 1.54) is 12.8 Å². The zero-order chi connectivity index (χ0) is 12.1. The molecule has 1 aliphatic heterocycles. The molecule has 2 rings (SSSR count). The van der Waals surface area contributed by atoms with Crippen molar-refractivity contribution in [2.45, 2.75) is 51.2 Å². The molecule has 1 aromatic heterocycles. The zero-order valence-electron chi connectivity index (χ0n) is 10.4. The summed E-state index contributed by atoms with van der Waals surface area (Å²) in [6.45, 7) is 2.86. The van der Waals surface area contributed by atoms with E-state index in [9.17, 15) is 5.11 Å². The molecule has 0 bridgehead atoms. The van der Waals surface area contributed by atoms with Crippen molar-refractivity contribution < 1.29 is 9.84 Å². The van der Waals surface area contributed by atoms with E-state index in [1.807, 2.05) is 19.1 Å². The minimum Gasteiger partial charge on any atom is -0.388 e. The molecule has 94 valence electrons. The quantitative estimate of drug-likeness (QED) is 0.853. The van der Waals surface area contributed by atoms with Crippen molar-refractivity contribution >= 4 is 0 Å². The van der Waals surface area contributed by atoms with Gasteiger partial charge in [-0.05, 0) is 56.7 Å². The molecule has 1 aromatic rings. The van der Waals surface area contributed by atoms with Crippen molar-refractivity contribution in [3.63, 3.8) is 0 Å². The van der Waals surface area contributed by atoms with Gasteiger partial charge in [-0.3, -0.25) is 4.98 Å². The average molecular weight is 235 g/mol. The first-order valence-corrected chi connectivity index (χ1v) is 6.48. The van der Waals surface area contributed by atoms with Gasteiger partial charge in [-0.1, -0.05) is 0 Å². The van der Waals surface area contributed by atoms with Gasteiger partial charge in [0.1, 0.15) is 0 Å². The molecule has 3 nitrogen and oxygen atoms in total. The monoisotopic (exact) mass is 235 g/mol. The second-order valence-corrected chi connectivity index (χ2v) is 4.81. The highest BCUT2D eigenvalue weighted by molar-refractivity contribution is 5.17. The SMILES string of the molecule is Cc1cc(C(O)CCCC2CCCO2)ccn1. The summed E-state index contributed by atoms with van der Waals surface area (Å²) in [6, 6.07) is 3.85. The van der Waals surface area contributed by atoms with Crippen molar-refractivity contribution in [3.8, 4) is 0 Å². The fraction of sp³-hybridized carbons (Fsp3) is 0.643. The van der Waals surface area contributed by atoms with Gasteiger partial charge < -0.3 is 9.84 Å². The lowest BCUT2D eigenvalue weighted by molar-refractivity contribution is 0.0944. The van der Waals surface area contributed by atoms with Crippen LogP contribution in [0.3, 0.4) is 0 Å². The first-order valence-electron chi connectivity index (χ1n) is 6.48. The van der Waals surface area contributed by atoms with Gasteiger partial charge in [0, 0.05) is 18.5 Å². The third kappa shape index (κ3) is 3.79. The molecule has 17 heavy (non-hydrogen) atoms. The third-order valence-corrected chi connectivity index (χ3v) is 3.33. The minimum atomic E-state index is -0.363.